The molecule has 0 aromatic heterocycles. The maximum Gasteiger partial charge on any atom is 0.258 e. The van der Waals surface area contributed by atoms with Gasteiger partial charge in [0.2, 0.25) is 11.8 Å². The molecule has 2 aliphatic rings. The third kappa shape index (κ3) is 4.07. The van der Waals surface area contributed by atoms with Crippen LogP contribution in [-0.4, -0.2) is 46.5 Å². The van der Waals surface area contributed by atoms with Crippen molar-refractivity contribution in [3.05, 3.63) is 29.8 Å². The van der Waals surface area contributed by atoms with E-state index in [0.717, 1.165) is 0 Å². The highest BCUT2D eigenvalue weighted by atomic mass is 16.5. The SMILES string of the molecule is C[C@@H](C(=O)NC(C)(C)C)N1CC[C@@]2(CCC1=O)NC(=O)c1ccccc1O2. The van der Waals surface area contributed by atoms with Crippen LogP contribution in [0.25, 0.3) is 0 Å². The molecule has 146 valence electrons. The van der Waals surface area contributed by atoms with E-state index >= 15 is 0 Å². The van der Waals surface area contributed by atoms with Gasteiger partial charge in [-0.05, 0) is 39.8 Å². The summed E-state index contributed by atoms with van der Waals surface area (Å²) in [6, 6.07) is 6.49. The number of hydrogen-bond donors (Lipinski definition) is 2. The molecule has 1 spiro atoms. The highest BCUT2D eigenvalue weighted by Gasteiger charge is 2.43. The van der Waals surface area contributed by atoms with Crippen molar-refractivity contribution in [2.75, 3.05) is 6.54 Å². The first-order chi connectivity index (χ1) is 12.6. The lowest BCUT2D eigenvalue weighted by molar-refractivity contribution is -0.140. The molecule has 1 aromatic carbocycles. The number of likely N-dealkylation sites (tertiary alicyclic amines) is 1. The molecular formula is C20H27N3O4. The summed E-state index contributed by atoms with van der Waals surface area (Å²) in [4.78, 5) is 39.2. The van der Waals surface area contributed by atoms with Gasteiger partial charge in [0.15, 0.2) is 5.72 Å². The minimum atomic E-state index is -0.921. The van der Waals surface area contributed by atoms with E-state index in [4.69, 9.17) is 4.74 Å². The van der Waals surface area contributed by atoms with Gasteiger partial charge in [0.1, 0.15) is 11.8 Å². The Kier molecular flexibility index (Phi) is 4.88. The van der Waals surface area contributed by atoms with Crippen molar-refractivity contribution >= 4 is 17.7 Å². The van der Waals surface area contributed by atoms with E-state index < -0.39 is 11.8 Å². The predicted molar refractivity (Wildman–Crippen MR) is 100 cm³/mol. The molecule has 0 aliphatic carbocycles. The Balaban J connectivity index is 1.76. The summed E-state index contributed by atoms with van der Waals surface area (Å²) in [5.74, 6) is 0.0304. The van der Waals surface area contributed by atoms with Gasteiger partial charge in [-0.1, -0.05) is 12.1 Å². The fraction of sp³-hybridized carbons (Fsp3) is 0.550. The Hall–Kier alpha value is -2.57. The molecule has 3 amide bonds. The van der Waals surface area contributed by atoms with Crippen LogP contribution in [0.2, 0.25) is 0 Å². The number of rotatable bonds is 2. The van der Waals surface area contributed by atoms with Crippen molar-refractivity contribution in [2.45, 2.75) is 64.3 Å². The quantitative estimate of drug-likeness (QED) is 0.828. The molecule has 2 heterocycles. The number of ether oxygens (including phenoxy) is 1. The number of amides is 3. The van der Waals surface area contributed by atoms with Crippen LogP contribution in [0.1, 0.15) is 57.3 Å². The average Bonchev–Trinajstić information content (AvgIpc) is 2.73. The molecule has 7 heteroatoms. The smallest absolute Gasteiger partial charge is 0.258 e. The highest BCUT2D eigenvalue weighted by Crippen LogP contribution is 2.34. The topological polar surface area (TPSA) is 87.7 Å². The van der Waals surface area contributed by atoms with Gasteiger partial charge in [0.25, 0.3) is 5.91 Å². The Labute approximate surface area is 159 Å². The fourth-order valence-electron chi connectivity index (χ4n) is 3.51. The van der Waals surface area contributed by atoms with Gasteiger partial charge in [0, 0.05) is 31.3 Å². The lowest BCUT2D eigenvalue weighted by atomic mass is 10.0. The molecule has 7 nitrogen and oxygen atoms in total. The predicted octanol–water partition coefficient (Wildman–Crippen LogP) is 1.82. The van der Waals surface area contributed by atoms with Crippen LogP contribution < -0.4 is 15.4 Å². The Morgan fingerprint density at radius 1 is 1.26 bits per heavy atom. The summed E-state index contributed by atoms with van der Waals surface area (Å²) in [5.41, 5.74) is -0.796. The zero-order chi connectivity index (χ0) is 19.8. The third-order valence-corrected chi connectivity index (χ3v) is 4.94. The fourth-order valence-corrected chi connectivity index (χ4v) is 3.51. The van der Waals surface area contributed by atoms with E-state index in [9.17, 15) is 14.4 Å². The van der Waals surface area contributed by atoms with E-state index in [1.54, 1.807) is 30.0 Å². The first-order valence-electron chi connectivity index (χ1n) is 9.32. The van der Waals surface area contributed by atoms with Crippen LogP contribution in [0.3, 0.4) is 0 Å². The molecule has 0 saturated carbocycles. The summed E-state index contributed by atoms with van der Waals surface area (Å²) >= 11 is 0. The minimum Gasteiger partial charge on any atom is -0.467 e. The largest absolute Gasteiger partial charge is 0.467 e. The molecule has 27 heavy (non-hydrogen) atoms. The number of carbonyl (C=O) groups excluding carboxylic acids is 3. The van der Waals surface area contributed by atoms with Crippen LogP contribution in [0, 0.1) is 0 Å². The second-order valence-corrected chi connectivity index (χ2v) is 8.30. The molecule has 1 fully saturated rings. The lowest BCUT2D eigenvalue weighted by Crippen LogP contribution is -2.57. The van der Waals surface area contributed by atoms with Crippen molar-refractivity contribution < 1.29 is 19.1 Å². The summed E-state index contributed by atoms with van der Waals surface area (Å²) in [7, 11) is 0. The van der Waals surface area contributed by atoms with Gasteiger partial charge >= 0.3 is 0 Å². The third-order valence-electron chi connectivity index (χ3n) is 4.94. The number of nitrogens with zero attached hydrogens (tertiary/aromatic N) is 1. The van der Waals surface area contributed by atoms with Gasteiger partial charge in [-0.25, -0.2) is 0 Å². The van der Waals surface area contributed by atoms with Crippen LogP contribution in [0.5, 0.6) is 5.75 Å². The Morgan fingerprint density at radius 2 is 1.96 bits per heavy atom. The van der Waals surface area contributed by atoms with Crippen molar-refractivity contribution in [2.24, 2.45) is 0 Å². The van der Waals surface area contributed by atoms with E-state index in [1.165, 1.54) is 0 Å². The average molecular weight is 373 g/mol. The number of carbonyl (C=O) groups is 3. The molecule has 0 unspecified atom stereocenters. The Bertz CT molecular complexity index is 771. The number of benzene rings is 1. The summed E-state index contributed by atoms with van der Waals surface area (Å²) in [6.45, 7) is 7.77. The van der Waals surface area contributed by atoms with Gasteiger partial charge in [-0.3, -0.25) is 14.4 Å². The van der Waals surface area contributed by atoms with Crippen LogP contribution in [0.15, 0.2) is 24.3 Å². The van der Waals surface area contributed by atoms with E-state index in [-0.39, 0.29) is 29.7 Å². The molecule has 1 saturated heterocycles. The molecule has 2 N–H and O–H groups in total. The van der Waals surface area contributed by atoms with Crippen LogP contribution in [0.4, 0.5) is 0 Å². The number of hydrogen-bond acceptors (Lipinski definition) is 4. The molecular weight excluding hydrogens is 346 g/mol. The molecule has 1 aromatic rings. The van der Waals surface area contributed by atoms with E-state index in [1.807, 2.05) is 26.8 Å². The molecule has 0 radical (unpaired) electrons. The normalized spacial score (nSPS) is 23.8. The van der Waals surface area contributed by atoms with Gasteiger partial charge < -0.3 is 20.3 Å². The lowest BCUT2D eigenvalue weighted by Gasteiger charge is -2.38. The second kappa shape index (κ2) is 6.87. The molecule has 0 bridgehead atoms. The highest BCUT2D eigenvalue weighted by molar-refractivity contribution is 5.98. The van der Waals surface area contributed by atoms with Crippen molar-refractivity contribution in [3.8, 4) is 5.75 Å². The van der Waals surface area contributed by atoms with Gasteiger partial charge in [0.05, 0.1) is 5.56 Å². The standard InChI is InChI=1S/C20H27N3O4/c1-13(17(25)21-19(2,3)4)23-12-11-20(10-9-16(23)24)22-18(26)14-7-5-6-8-15(14)27-20/h5-8,13H,9-12H2,1-4H3,(H,21,25)(H,22,26)/t13-,20-/m0/s1. The zero-order valence-electron chi connectivity index (χ0n) is 16.3. The molecule has 2 atom stereocenters. The maximum atomic E-state index is 12.7. The zero-order valence-corrected chi connectivity index (χ0v) is 16.3. The number of fused-ring (bicyclic) bond motifs is 1. The van der Waals surface area contributed by atoms with Crippen LogP contribution in [-0.2, 0) is 9.59 Å². The monoisotopic (exact) mass is 373 g/mol. The number of para-hydroxylation sites is 1. The number of nitrogens with one attached hydrogen (secondary N) is 2. The second-order valence-electron chi connectivity index (χ2n) is 8.30. The Morgan fingerprint density at radius 3 is 2.67 bits per heavy atom. The maximum absolute atomic E-state index is 12.7. The molecule has 2 aliphatic heterocycles. The van der Waals surface area contributed by atoms with Crippen molar-refractivity contribution in [3.63, 3.8) is 0 Å². The first-order valence-corrected chi connectivity index (χ1v) is 9.32. The van der Waals surface area contributed by atoms with Crippen molar-refractivity contribution in [1.82, 2.24) is 15.5 Å². The van der Waals surface area contributed by atoms with Crippen molar-refractivity contribution in [1.29, 1.82) is 0 Å². The van der Waals surface area contributed by atoms with E-state index in [0.29, 0.717) is 30.7 Å². The van der Waals surface area contributed by atoms with Gasteiger partial charge in [-0.2, -0.15) is 0 Å². The summed E-state index contributed by atoms with van der Waals surface area (Å²) < 4.78 is 6.12. The summed E-state index contributed by atoms with van der Waals surface area (Å²) in [5, 5.41) is 5.85. The summed E-state index contributed by atoms with van der Waals surface area (Å²) in [6.07, 6.45) is 0.998. The van der Waals surface area contributed by atoms with Crippen LogP contribution >= 0.6 is 0 Å². The first kappa shape index (κ1) is 19.2. The van der Waals surface area contributed by atoms with E-state index in [2.05, 4.69) is 10.6 Å². The van der Waals surface area contributed by atoms with Gasteiger partial charge in [-0.15, -0.1) is 0 Å². The molecule has 3 rings (SSSR count). The minimum absolute atomic E-state index is 0.111.